The molecule has 24 heavy (non-hydrogen) atoms. The molecule has 5 nitrogen and oxygen atoms in total. The molecule has 1 aromatic carbocycles. The lowest BCUT2D eigenvalue weighted by atomic mass is 10.1. The van der Waals surface area contributed by atoms with Gasteiger partial charge in [0.15, 0.2) is 0 Å². The van der Waals surface area contributed by atoms with Crippen molar-refractivity contribution in [2.45, 2.75) is 0 Å². The van der Waals surface area contributed by atoms with Crippen molar-refractivity contribution < 1.29 is 9.18 Å². The van der Waals surface area contributed by atoms with Gasteiger partial charge in [-0.05, 0) is 42.5 Å². The average Bonchev–Trinajstić information content (AvgIpc) is 2.63. The maximum atomic E-state index is 13.8. The fourth-order valence-corrected chi connectivity index (χ4v) is 2.16. The highest BCUT2D eigenvalue weighted by atomic mass is 19.1. The van der Waals surface area contributed by atoms with Gasteiger partial charge in [0.1, 0.15) is 5.82 Å². The second-order valence-corrected chi connectivity index (χ2v) is 4.93. The number of aromatic nitrogens is 2. The standard InChI is InChI=1S/C18H11FN4O/c19-16-2-1-12(11-20)9-15(16)18(24)23-14-5-8-22-17(10-14)13-3-6-21-7-4-13/h1-10H,(H,22,23,24). The predicted octanol–water partition coefficient (Wildman–Crippen LogP) is 3.41. The van der Waals surface area contributed by atoms with E-state index in [0.29, 0.717) is 11.4 Å². The molecule has 6 heteroatoms. The van der Waals surface area contributed by atoms with Crippen molar-refractivity contribution in [3.05, 3.63) is 78.0 Å². The lowest BCUT2D eigenvalue weighted by Gasteiger charge is -2.08. The number of benzene rings is 1. The number of anilines is 1. The zero-order valence-electron chi connectivity index (χ0n) is 12.4. The average molecular weight is 318 g/mol. The molecule has 0 atom stereocenters. The Kier molecular flexibility index (Phi) is 4.25. The molecule has 0 fully saturated rings. The number of amides is 1. The Morgan fingerprint density at radius 3 is 2.62 bits per heavy atom. The van der Waals surface area contributed by atoms with E-state index < -0.39 is 11.7 Å². The Balaban J connectivity index is 1.87. The van der Waals surface area contributed by atoms with Crippen LogP contribution in [0.1, 0.15) is 15.9 Å². The van der Waals surface area contributed by atoms with E-state index in [1.54, 1.807) is 42.9 Å². The molecule has 0 aliphatic heterocycles. The van der Waals surface area contributed by atoms with Gasteiger partial charge in [-0.15, -0.1) is 0 Å². The number of pyridine rings is 2. The highest BCUT2D eigenvalue weighted by Crippen LogP contribution is 2.20. The van der Waals surface area contributed by atoms with Crippen molar-refractivity contribution in [2.24, 2.45) is 0 Å². The van der Waals surface area contributed by atoms with Crippen molar-refractivity contribution in [3.8, 4) is 17.3 Å². The molecule has 0 saturated carbocycles. The van der Waals surface area contributed by atoms with Crippen molar-refractivity contribution >= 4 is 11.6 Å². The van der Waals surface area contributed by atoms with Crippen molar-refractivity contribution in [3.63, 3.8) is 0 Å². The number of carbonyl (C=O) groups is 1. The molecule has 0 unspecified atom stereocenters. The summed E-state index contributed by atoms with van der Waals surface area (Å²) in [5.74, 6) is -1.31. The summed E-state index contributed by atoms with van der Waals surface area (Å²) in [7, 11) is 0. The predicted molar refractivity (Wildman–Crippen MR) is 86.5 cm³/mol. The number of hydrogen-bond donors (Lipinski definition) is 1. The van der Waals surface area contributed by atoms with Crippen LogP contribution in [0.3, 0.4) is 0 Å². The lowest BCUT2D eigenvalue weighted by Crippen LogP contribution is -2.14. The quantitative estimate of drug-likeness (QED) is 0.802. The van der Waals surface area contributed by atoms with Crippen LogP contribution in [0.15, 0.2) is 61.1 Å². The van der Waals surface area contributed by atoms with Crippen LogP contribution in [0.4, 0.5) is 10.1 Å². The smallest absolute Gasteiger partial charge is 0.258 e. The number of nitrogens with one attached hydrogen (secondary N) is 1. The maximum Gasteiger partial charge on any atom is 0.258 e. The number of carbonyl (C=O) groups excluding carboxylic acids is 1. The number of hydrogen-bond acceptors (Lipinski definition) is 4. The van der Waals surface area contributed by atoms with Crippen molar-refractivity contribution in [1.29, 1.82) is 5.26 Å². The number of nitriles is 1. The molecule has 2 heterocycles. The Bertz CT molecular complexity index is 935. The molecule has 0 saturated heterocycles. The van der Waals surface area contributed by atoms with Crippen LogP contribution in [0.25, 0.3) is 11.3 Å². The summed E-state index contributed by atoms with van der Waals surface area (Å²) in [4.78, 5) is 20.4. The van der Waals surface area contributed by atoms with Crippen LogP contribution >= 0.6 is 0 Å². The summed E-state index contributed by atoms with van der Waals surface area (Å²) >= 11 is 0. The zero-order valence-corrected chi connectivity index (χ0v) is 12.4. The second-order valence-electron chi connectivity index (χ2n) is 4.93. The molecule has 1 amide bonds. The first-order valence-corrected chi connectivity index (χ1v) is 7.05. The summed E-state index contributed by atoms with van der Waals surface area (Å²) in [6.45, 7) is 0. The highest BCUT2D eigenvalue weighted by Gasteiger charge is 2.13. The van der Waals surface area contributed by atoms with Crippen LogP contribution in [-0.4, -0.2) is 15.9 Å². The highest BCUT2D eigenvalue weighted by molar-refractivity contribution is 6.04. The van der Waals surface area contributed by atoms with Crippen LogP contribution in [0.5, 0.6) is 0 Å². The lowest BCUT2D eigenvalue weighted by molar-refractivity contribution is 0.102. The Labute approximate surface area is 137 Å². The van der Waals surface area contributed by atoms with E-state index in [0.717, 1.165) is 11.6 Å². The summed E-state index contributed by atoms with van der Waals surface area (Å²) in [6.07, 6.45) is 4.84. The molecule has 3 aromatic rings. The first-order valence-electron chi connectivity index (χ1n) is 7.05. The van der Waals surface area contributed by atoms with Gasteiger partial charge in [0.25, 0.3) is 5.91 Å². The normalized spacial score (nSPS) is 10.0. The van der Waals surface area contributed by atoms with Crippen molar-refractivity contribution in [2.75, 3.05) is 5.32 Å². The molecule has 0 spiro atoms. The zero-order chi connectivity index (χ0) is 16.9. The fourth-order valence-electron chi connectivity index (χ4n) is 2.16. The van der Waals surface area contributed by atoms with E-state index in [-0.39, 0.29) is 11.1 Å². The van der Waals surface area contributed by atoms with Gasteiger partial charge in [-0.2, -0.15) is 5.26 Å². The Hall–Kier alpha value is -3.59. The molecule has 116 valence electrons. The van der Waals surface area contributed by atoms with Gasteiger partial charge in [-0.25, -0.2) is 4.39 Å². The van der Waals surface area contributed by atoms with Gasteiger partial charge in [-0.1, -0.05) is 0 Å². The SMILES string of the molecule is N#Cc1ccc(F)c(C(=O)Nc2ccnc(-c3ccncc3)c2)c1. The Morgan fingerprint density at radius 1 is 1.08 bits per heavy atom. The summed E-state index contributed by atoms with van der Waals surface area (Å²) in [6, 6.07) is 12.4. The van der Waals surface area contributed by atoms with Gasteiger partial charge in [0.2, 0.25) is 0 Å². The molecule has 2 aromatic heterocycles. The van der Waals surface area contributed by atoms with E-state index in [9.17, 15) is 9.18 Å². The van der Waals surface area contributed by atoms with Gasteiger partial charge >= 0.3 is 0 Å². The van der Waals surface area contributed by atoms with Crippen LogP contribution in [-0.2, 0) is 0 Å². The Morgan fingerprint density at radius 2 is 1.88 bits per heavy atom. The third-order valence-electron chi connectivity index (χ3n) is 3.33. The maximum absolute atomic E-state index is 13.8. The number of halogens is 1. The first kappa shape index (κ1) is 15.3. The van der Waals surface area contributed by atoms with Gasteiger partial charge in [0.05, 0.1) is 22.9 Å². The summed E-state index contributed by atoms with van der Waals surface area (Å²) < 4.78 is 13.8. The fraction of sp³-hybridized carbons (Fsp3) is 0. The van der Waals surface area contributed by atoms with Crippen LogP contribution in [0.2, 0.25) is 0 Å². The van der Waals surface area contributed by atoms with Crippen LogP contribution in [0, 0.1) is 17.1 Å². The molecule has 0 aliphatic carbocycles. The van der Waals surface area contributed by atoms with E-state index in [1.807, 2.05) is 6.07 Å². The van der Waals surface area contributed by atoms with E-state index in [4.69, 9.17) is 5.26 Å². The minimum atomic E-state index is -0.685. The van der Waals surface area contributed by atoms with Gasteiger partial charge in [-0.3, -0.25) is 14.8 Å². The molecule has 0 bridgehead atoms. The van der Waals surface area contributed by atoms with E-state index >= 15 is 0 Å². The minimum absolute atomic E-state index is 0.184. The number of nitrogens with zero attached hydrogens (tertiary/aromatic N) is 3. The number of rotatable bonds is 3. The molecule has 0 aliphatic rings. The monoisotopic (exact) mass is 318 g/mol. The molecule has 3 rings (SSSR count). The first-order chi connectivity index (χ1) is 11.7. The summed E-state index contributed by atoms with van der Waals surface area (Å²) in [5.41, 5.74) is 2.01. The molecule has 1 N–H and O–H groups in total. The molecular formula is C18H11FN4O. The third kappa shape index (κ3) is 3.25. The largest absolute Gasteiger partial charge is 0.322 e. The second kappa shape index (κ2) is 6.67. The topological polar surface area (TPSA) is 78.7 Å². The van der Waals surface area contributed by atoms with E-state index in [1.165, 1.54) is 12.1 Å². The summed E-state index contributed by atoms with van der Waals surface area (Å²) in [5, 5.41) is 11.5. The van der Waals surface area contributed by atoms with E-state index in [2.05, 4.69) is 15.3 Å². The van der Waals surface area contributed by atoms with Crippen LogP contribution < -0.4 is 5.32 Å². The van der Waals surface area contributed by atoms with Crippen molar-refractivity contribution in [1.82, 2.24) is 9.97 Å². The van der Waals surface area contributed by atoms with Gasteiger partial charge < -0.3 is 5.32 Å². The minimum Gasteiger partial charge on any atom is -0.322 e. The van der Waals surface area contributed by atoms with Gasteiger partial charge in [0, 0.05) is 29.8 Å². The molecular weight excluding hydrogens is 307 g/mol. The molecule has 0 radical (unpaired) electrons. The third-order valence-corrected chi connectivity index (χ3v) is 3.33.